The molecule has 1 amide bonds. The van der Waals surface area contributed by atoms with Crippen LogP contribution >= 0.6 is 0 Å². The van der Waals surface area contributed by atoms with Crippen molar-refractivity contribution in [3.63, 3.8) is 0 Å². The monoisotopic (exact) mass is 215 g/mol. The van der Waals surface area contributed by atoms with Crippen LogP contribution in [0.4, 0.5) is 0 Å². The van der Waals surface area contributed by atoms with Crippen LogP contribution < -0.4 is 5.73 Å². The molecule has 82 valence electrons. The van der Waals surface area contributed by atoms with Crippen molar-refractivity contribution in [2.75, 3.05) is 0 Å². The summed E-state index contributed by atoms with van der Waals surface area (Å²) in [7, 11) is 0. The van der Waals surface area contributed by atoms with Crippen LogP contribution in [0.15, 0.2) is 30.5 Å². The third-order valence-electron chi connectivity index (χ3n) is 2.53. The molecule has 0 saturated heterocycles. The van der Waals surface area contributed by atoms with E-state index in [4.69, 9.17) is 5.73 Å². The van der Waals surface area contributed by atoms with E-state index >= 15 is 0 Å². The highest BCUT2D eigenvalue weighted by atomic mass is 16.1. The summed E-state index contributed by atoms with van der Waals surface area (Å²) in [5.41, 5.74) is 7.80. The summed E-state index contributed by atoms with van der Waals surface area (Å²) in [4.78, 5) is 15.1. The fourth-order valence-electron chi connectivity index (χ4n) is 1.69. The van der Waals surface area contributed by atoms with Crippen LogP contribution in [-0.4, -0.2) is 15.5 Å². The first-order chi connectivity index (χ1) is 7.59. The number of amides is 1. The van der Waals surface area contributed by atoms with Gasteiger partial charge in [-0.2, -0.15) is 0 Å². The number of aromatic nitrogens is 2. The lowest BCUT2D eigenvalue weighted by atomic mass is 10.2. The topological polar surface area (TPSA) is 60.9 Å². The molecular formula is C12H13N3O. The van der Waals surface area contributed by atoms with Crippen molar-refractivity contribution in [3.05, 3.63) is 47.4 Å². The molecule has 0 radical (unpaired) electrons. The van der Waals surface area contributed by atoms with E-state index in [2.05, 4.69) is 4.98 Å². The zero-order chi connectivity index (χ0) is 11.7. The Balaban J connectivity index is 2.46. The van der Waals surface area contributed by atoms with E-state index in [0.717, 1.165) is 17.2 Å². The Labute approximate surface area is 93.7 Å². The Kier molecular flexibility index (Phi) is 2.48. The van der Waals surface area contributed by atoms with Gasteiger partial charge in [0.25, 0.3) is 0 Å². The molecule has 2 rings (SSSR count). The average molecular weight is 215 g/mol. The molecule has 0 aliphatic heterocycles. The number of hydrogen-bond donors (Lipinski definition) is 1. The van der Waals surface area contributed by atoms with Gasteiger partial charge in [-0.1, -0.05) is 0 Å². The summed E-state index contributed by atoms with van der Waals surface area (Å²) in [6.07, 6.45) is 1.50. The molecule has 2 aromatic heterocycles. The molecule has 0 unspecified atom stereocenters. The van der Waals surface area contributed by atoms with Crippen molar-refractivity contribution >= 4 is 5.91 Å². The molecule has 4 nitrogen and oxygen atoms in total. The van der Waals surface area contributed by atoms with E-state index in [0.29, 0.717) is 5.56 Å². The highest BCUT2D eigenvalue weighted by Crippen LogP contribution is 2.14. The maximum atomic E-state index is 10.9. The molecule has 0 aliphatic rings. The van der Waals surface area contributed by atoms with Crippen molar-refractivity contribution in [3.8, 4) is 5.82 Å². The minimum atomic E-state index is -0.458. The van der Waals surface area contributed by atoms with Gasteiger partial charge in [0.1, 0.15) is 5.82 Å². The Morgan fingerprint density at radius 3 is 2.25 bits per heavy atom. The summed E-state index contributed by atoms with van der Waals surface area (Å²) in [5, 5.41) is 0. The Hall–Kier alpha value is -2.10. The molecule has 0 fully saturated rings. The van der Waals surface area contributed by atoms with E-state index in [-0.39, 0.29) is 0 Å². The normalized spacial score (nSPS) is 10.4. The van der Waals surface area contributed by atoms with Crippen LogP contribution in [-0.2, 0) is 0 Å². The summed E-state index contributed by atoms with van der Waals surface area (Å²) in [6.45, 7) is 4.02. The van der Waals surface area contributed by atoms with Crippen LogP contribution in [0.25, 0.3) is 5.82 Å². The third kappa shape index (κ3) is 1.69. The van der Waals surface area contributed by atoms with E-state index < -0.39 is 5.91 Å². The van der Waals surface area contributed by atoms with Gasteiger partial charge in [0.05, 0.1) is 5.56 Å². The summed E-state index contributed by atoms with van der Waals surface area (Å²) >= 11 is 0. The molecule has 16 heavy (non-hydrogen) atoms. The number of carbonyl (C=O) groups excluding carboxylic acids is 1. The van der Waals surface area contributed by atoms with Crippen LogP contribution in [0.2, 0.25) is 0 Å². The van der Waals surface area contributed by atoms with Gasteiger partial charge in [-0.05, 0) is 38.1 Å². The molecule has 0 aromatic carbocycles. The lowest BCUT2D eigenvalue weighted by Crippen LogP contribution is -2.12. The first-order valence-corrected chi connectivity index (χ1v) is 5.01. The smallest absolute Gasteiger partial charge is 0.250 e. The van der Waals surface area contributed by atoms with Gasteiger partial charge in [0, 0.05) is 17.6 Å². The second-order valence-electron chi connectivity index (χ2n) is 3.72. The quantitative estimate of drug-likeness (QED) is 0.826. The van der Waals surface area contributed by atoms with Crippen LogP contribution in [0, 0.1) is 13.8 Å². The molecule has 0 aliphatic carbocycles. The first kappa shape index (κ1) is 10.4. The van der Waals surface area contributed by atoms with Gasteiger partial charge in [-0.25, -0.2) is 4.98 Å². The predicted octanol–water partition coefficient (Wildman–Crippen LogP) is 1.59. The molecule has 2 heterocycles. The standard InChI is InChI=1S/C12H13N3O/c1-8-3-4-9(2)15(8)11-6-5-10(7-14-11)12(13)16/h3-7H,1-2H3,(H2,13,16). The zero-order valence-corrected chi connectivity index (χ0v) is 9.27. The second kappa shape index (κ2) is 3.81. The molecule has 2 aromatic rings. The van der Waals surface area contributed by atoms with Gasteiger partial charge in [0.2, 0.25) is 5.91 Å². The fraction of sp³-hybridized carbons (Fsp3) is 0.167. The number of rotatable bonds is 2. The lowest BCUT2D eigenvalue weighted by molar-refractivity contribution is 0.1000. The lowest BCUT2D eigenvalue weighted by Gasteiger charge is -2.08. The summed E-state index contributed by atoms with van der Waals surface area (Å²) in [6, 6.07) is 7.53. The molecular weight excluding hydrogens is 202 g/mol. The number of primary amides is 1. The van der Waals surface area contributed by atoms with Crippen molar-refractivity contribution in [2.24, 2.45) is 5.73 Å². The molecule has 0 saturated carbocycles. The van der Waals surface area contributed by atoms with E-state index in [9.17, 15) is 4.79 Å². The van der Waals surface area contributed by atoms with Crippen LogP contribution in [0.5, 0.6) is 0 Å². The minimum absolute atomic E-state index is 0.422. The van der Waals surface area contributed by atoms with Gasteiger partial charge in [-0.15, -0.1) is 0 Å². The minimum Gasteiger partial charge on any atom is -0.366 e. The van der Waals surface area contributed by atoms with E-state index in [1.165, 1.54) is 6.20 Å². The third-order valence-corrected chi connectivity index (χ3v) is 2.53. The molecule has 0 atom stereocenters. The predicted molar refractivity (Wildman–Crippen MR) is 61.6 cm³/mol. The molecule has 0 bridgehead atoms. The molecule has 2 N–H and O–H groups in total. The Morgan fingerprint density at radius 1 is 1.19 bits per heavy atom. The number of aryl methyl sites for hydroxylation is 2. The number of hydrogen-bond acceptors (Lipinski definition) is 2. The van der Waals surface area contributed by atoms with E-state index in [1.807, 2.05) is 30.5 Å². The number of pyridine rings is 1. The maximum absolute atomic E-state index is 10.9. The molecule has 0 spiro atoms. The Bertz CT molecular complexity index is 506. The largest absolute Gasteiger partial charge is 0.366 e. The first-order valence-electron chi connectivity index (χ1n) is 5.01. The summed E-state index contributed by atoms with van der Waals surface area (Å²) < 4.78 is 2.02. The van der Waals surface area contributed by atoms with Gasteiger partial charge in [-0.3, -0.25) is 4.79 Å². The SMILES string of the molecule is Cc1ccc(C)n1-c1ccc(C(N)=O)cn1. The van der Waals surface area contributed by atoms with Crippen molar-refractivity contribution in [2.45, 2.75) is 13.8 Å². The highest BCUT2D eigenvalue weighted by Gasteiger charge is 2.06. The van der Waals surface area contributed by atoms with Crippen molar-refractivity contribution in [1.29, 1.82) is 0 Å². The van der Waals surface area contributed by atoms with Crippen molar-refractivity contribution in [1.82, 2.24) is 9.55 Å². The number of nitrogens with zero attached hydrogens (tertiary/aromatic N) is 2. The van der Waals surface area contributed by atoms with Gasteiger partial charge < -0.3 is 10.3 Å². The second-order valence-corrected chi connectivity index (χ2v) is 3.72. The highest BCUT2D eigenvalue weighted by molar-refractivity contribution is 5.92. The van der Waals surface area contributed by atoms with Crippen LogP contribution in [0.1, 0.15) is 21.7 Å². The Morgan fingerprint density at radius 2 is 1.81 bits per heavy atom. The van der Waals surface area contributed by atoms with Gasteiger partial charge in [0.15, 0.2) is 0 Å². The average Bonchev–Trinajstić information content (AvgIpc) is 2.59. The van der Waals surface area contributed by atoms with Crippen LogP contribution in [0.3, 0.4) is 0 Å². The molecule has 4 heteroatoms. The number of carbonyl (C=O) groups is 1. The van der Waals surface area contributed by atoms with Crippen molar-refractivity contribution < 1.29 is 4.79 Å². The number of nitrogens with two attached hydrogens (primary N) is 1. The van der Waals surface area contributed by atoms with Gasteiger partial charge >= 0.3 is 0 Å². The fourth-order valence-corrected chi connectivity index (χ4v) is 1.69. The summed E-state index contributed by atoms with van der Waals surface area (Å²) in [5.74, 6) is 0.338. The van der Waals surface area contributed by atoms with E-state index in [1.54, 1.807) is 12.1 Å². The zero-order valence-electron chi connectivity index (χ0n) is 9.27. The maximum Gasteiger partial charge on any atom is 0.250 e.